The molecule has 7 heteroatoms. The van der Waals surface area contributed by atoms with Crippen LogP contribution in [0.15, 0.2) is 23.5 Å². The van der Waals surface area contributed by atoms with Crippen LogP contribution < -0.4 is 5.56 Å². The highest BCUT2D eigenvalue weighted by Crippen LogP contribution is 2.07. The van der Waals surface area contributed by atoms with E-state index in [2.05, 4.69) is 15.0 Å². The predicted molar refractivity (Wildman–Crippen MR) is 51.4 cm³/mol. The van der Waals surface area contributed by atoms with Gasteiger partial charge in [0, 0.05) is 12.4 Å². The van der Waals surface area contributed by atoms with Crippen molar-refractivity contribution in [2.24, 2.45) is 0 Å². The molecule has 0 aliphatic heterocycles. The molecule has 0 saturated carbocycles. The molecule has 0 fully saturated rings. The first-order chi connectivity index (χ1) is 7.77. The van der Waals surface area contributed by atoms with E-state index in [-0.39, 0.29) is 17.2 Å². The zero-order valence-corrected chi connectivity index (χ0v) is 7.88. The Kier molecular flexibility index (Phi) is 2.21. The lowest BCUT2D eigenvalue weighted by molar-refractivity contribution is 0.932. The lowest BCUT2D eigenvalue weighted by Gasteiger charge is -1.99. The third-order valence-corrected chi connectivity index (χ3v) is 1.90. The van der Waals surface area contributed by atoms with Gasteiger partial charge in [0.2, 0.25) is 5.82 Å². The number of imidazole rings is 1. The molecular formula is C9H4N6O. The van der Waals surface area contributed by atoms with Crippen molar-refractivity contribution in [1.82, 2.24) is 19.5 Å². The third kappa shape index (κ3) is 1.33. The van der Waals surface area contributed by atoms with Crippen LogP contribution in [0.4, 0.5) is 0 Å². The molecule has 0 amide bonds. The largest absolute Gasteiger partial charge is 0.324 e. The van der Waals surface area contributed by atoms with Gasteiger partial charge in [0.15, 0.2) is 11.4 Å². The summed E-state index contributed by atoms with van der Waals surface area (Å²) in [5.41, 5.74) is -0.500. The number of H-pyrrole nitrogens is 1. The molecule has 7 nitrogen and oxygen atoms in total. The number of aromatic nitrogens is 4. The van der Waals surface area contributed by atoms with Crippen LogP contribution in [0.2, 0.25) is 0 Å². The molecule has 76 valence electrons. The summed E-state index contributed by atoms with van der Waals surface area (Å²) in [4.78, 5) is 21.4. The van der Waals surface area contributed by atoms with E-state index >= 15 is 0 Å². The highest BCUT2D eigenvalue weighted by atomic mass is 16.1. The summed E-state index contributed by atoms with van der Waals surface area (Å²) in [6.07, 6.45) is 3.97. The minimum Gasteiger partial charge on any atom is -0.324 e. The van der Waals surface area contributed by atoms with Crippen LogP contribution >= 0.6 is 0 Å². The van der Waals surface area contributed by atoms with Crippen molar-refractivity contribution in [3.63, 3.8) is 0 Å². The number of rotatable bonds is 1. The maximum absolute atomic E-state index is 11.4. The second-order valence-electron chi connectivity index (χ2n) is 2.78. The van der Waals surface area contributed by atoms with Crippen molar-refractivity contribution in [3.05, 3.63) is 40.5 Å². The minimum atomic E-state index is -0.458. The second kappa shape index (κ2) is 3.67. The fourth-order valence-corrected chi connectivity index (χ4v) is 1.21. The molecule has 0 spiro atoms. The predicted octanol–water partition coefficient (Wildman–Crippen LogP) is -0.301. The molecule has 1 N–H and O–H groups in total. The molecular weight excluding hydrogens is 208 g/mol. The Balaban J connectivity index is 2.73. The molecule has 0 atom stereocenters. The van der Waals surface area contributed by atoms with Crippen LogP contribution in [0.25, 0.3) is 5.82 Å². The molecule has 2 aromatic rings. The van der Waals surface area contributed by atoms with Crippen molar-refractivity contribution in [3.8, 4) is 18.0 Å². The Hall–Kier alpha value is -2.93. The van der Waals surface area contributed by atoms with Crippen LogP contribution in [-0.2, 0) is 0 Å². The highest BCUT2D eigenvalue weighted by molar-refractivity contribution is 5.40. The number of nitriles is 2. The summed E-state index contributed by atoms with van der Waals surface area (Å²) in [7, 11) is 0. The van der Waals surface area contributed by atoms with Gasteiger partial charge in [-0.2, -0.15) is 10.5 Å². The van der Waals surface area contributed by atoms with E-state index in [1.807, 2.05) is 0 Å². The average Bonchev–Trinajstić information content (AvgIpc) is 2.72. The number of hydrogen-bond acceptors (Lipinski definition) is 5. The summed E-state index contributed by atoms with van der Waals surface area (Å²) < 4.78 is 1.18. The Morgan fingerprint density at radius 3 is 2.75 bits per heavy atom. The Morgan fingerprint density at radius 1 is 1.31 bits per heavy atom. The molecule has 0 unspecified atom stereocenters. The molecule has 0 aliphatic carbocycles. The minimum absolute atomic E-state index is 0.00745. The van der Waals surface area contributed by atoms with Gasteiger partial charge in [0.05, 0.1) is 0 Å². The van der Waals surface area contributed by atoms with E-state index < -0.39 is 5.56 Å². The van der Waals surface area contributed by atoms with E-state index in [1.54, 1.807) is 12.1 Å². The first-order valence-electron chi connectivity index (χ1n) is 4.19. The van der Waals surface area contributed by atoms with E-state index in [0.717, 1.165) is 0 Å². The second-order valence-corrected chi connectivity index (χ2v) is 2.78. The van der Waals surface area contributed by atoms with E-state index in [1.165, 1.54) is 23.3 Å². The van der Waals surface area contributed by atoms with Gasteiger partial charge in [0.1, 0.15) is 18.5 Å². The molecule has 0 radical (unpaired) electrons. The smallest absolute Gasteiger partial charge is 0.291 e. The normalized spacial score (nSPS) is 9.38. The Labute approximate surface area is 89.2 Å². The van der Waals surface area contributed by atoms with Gasteiger partial charge in [-0.05, 0) is 0 Å². The van der Waals surface area contributed by atoms with E-state index in [4.69, 9.17) is 10.5 Å². The molecule has 0 bridgehead atoms. The highest BCUT2D eigenvalue weighted by Gasteiger charge is 2.14. The van der Waals surface area contributed by atoms with Crippen molar-refractivity contribution in [2.45, 2.75) is 0 Å². The topological polar surface area (TPSA) is 111 Å². The fraction of sp³-hybridized carbons (Fsp3) is 0. The van der Waals surface area contributed by atoms with Gasteiger partial charge in [-0.3, -0.25) is 9.36 Å². The first-order valence-corrected chi connectivity index (χ1v) is 4.19. The van der Waals surface area contributed by atoms with Gasteiger partial charge in [0.25, 0.3) is 5.56 Å². The summed E-state index contributed by atoms with van der Waals surface area (Å²) in [6, 6.07) is 3.57. The maximum atomic E-state index is 11.4. The summed E-state index contributed by atoms with van der Waals surface area (Å²) in [5, 5.41) is 17.6. The van der Waals surface area contributed by atoms with Gasteiger partial charge in [-0.25, -0.2) is 9.97 Å². The monoisotopic (exact) mass is 212 g/mol. The lowest BCUT2D eigenvalue weighted by atomic mass is 10.3. The van der Waals surface area contributed by atoms with Gasteiger partial charge >= 0.3 is 0 Å². The molecule has 2 rings (SSSR count). The van der Waals surface area contributed by atoms with Crippen molar-refractivity contribution < 1.29 is 0 Å². The molecule has 2 heterocycles. The number of hydrogen-bond donors (Lipinski definition) is 1. The molecule has 0 aliphatic rings. The maximum Gasteiger partial charge on any atom is 0.291 e. The summed E-state index contributed by atoms with van der Waals surface area (Å²) in [6.45, 7) is 0. The van der Waals surface area contributed by atoms with E-state index in [9.17, 15) is 4.79 Å². The van der Waals surface area contributed by atoms with Crippen LogP contribution in [0.1, 0.15) is 11.4 Å². The Morgan fingerprint density at radius 2 is 2.12 bits per heavy atom. The number of aromatic amines is 1. The molecule has 0 aromatic carbocycles. The van der Waals surface area contributed by atoms with Gasteiger partial charge < -0.3 is 4.98 Å². The van der Waals surface area contributed by atoms with Crippen molar-refractivity contribution >= 4 is 0 Å². The van der Waals surface area contributed by atoms with Crippen LogP contribution in [0, 0.1) is 22.7 Å². The van der Waals surface area contributed by atoms with Crippen LogP contribution in [0.5, 0.6) is 0 Å². The molecule has 2 aromatic heterocycles. The van der Waals surface area contributed by atoms with Crippen molar-refractivity contribution in [2.75, 3.05) is 0 Å². The zero-order chi connectivity index (χ0) is 11.5. The molecule has 16 heavy (non-hydrogen) atoms. The van der Waals surface area contributed by atoms with Crippen molar-refractivity contribution in [1.29, 1.82) is 10.5 Å². The quantitative estimate of drug-likeness (QED) is 0.697. The third-order valence-electron chi connectivity index (χ3n) is 1.90. The first kappa shape index (κ1) is 9.62. The molecule has 0 saturated heterocycles. The standard InChI is InChI=1S/C9H4N6O/c10-3-6-7(4-11)15(5-14-6)8-9(16)13-2-1-12-8/h1-2,5H,(H,13,16). The number of nitrogens with one attached hydrogen (secondary N) is 1. The average molecular weight is 212 g/mol. The van der Waals surface area contributed by atoms with E-state index in [0.29, 0.717) is 0 Å². The number of nitrogens with zero attached hydrogens (tertiary/aromatic N) is 5. The summed E-state index contributed by atoms with van der Waals surface area (Å²) >= 11 is 0. The SMILES string of the molecule is N#Cc1ncn(-c2ncc[nH]c2=O)c1C#N. The van der Waals surface area contributed by atoms with Crippen LogP contribution in [0.3, 0.4) is 0 Å². The lowest BCUT2D eigenvalue weighted by Crippen LogP contribution is -2.16. The van der Waals surface area contributed by atoms with Gasteiger partial charge in [-0.15, -0.1) is 0 Å². The fourth-order valence-electron chi connectivity index (χ4n) is 1.21. The van der Waals surface area contributed by atoms with Crippen LogP contribution in [-0.4, -0.2) is 19.5 Å². The summed E-state index contributed by atoms with van der Waals surface area (Å²) in [5.74, 6) is 0.00745. The van der Waals surface area contributed by atoms with Gasteiger partial charge in [-0.1, -0.05) is 0 Å². The zero-order valence-electron chi connectivity index (χ0n) is 7.88. The Bertz CT molecular complexity index is 668.